The van der Waals surface area contributed by atoms with Gasteiger partial charge in [0.25, 0.3) is 0 Å². The van der Waals surface area contributed by atoms with Crippen LogP contribution in [0.5, 0.6) is 0 Å². The van der Waals surface area contributed by atoms with E-state index in [1.165, 1.54) is 6.08 Å². The van der Waals surface area contributed by atoms with Crippen LogP contribution in [0.2, 0.25) is 5.02 Å². The molecule has 1 atom stereocenters. The molecule has 3 nitrogen and oxygen atoms in total. The predicted octanol–water partition coefficient (Wildman–Crippen LogP) is 1.98. The number of aliphatic hydroxyl groups is 2. The molecular weight excluding hydrogens is 190 g/mol. The summed E-state index contributed by atoms with van der Waals surface area (Å²) < 4.78 is 0. The molecule has 0 saturated carbocycles. The first kappa shape index (κ1) is 8.41. The smallest absolute Gasteiger partial charge is 0.147 e. The van der Waals surface area contributed by atoms with Crippen LogP contribution >= 0.6 is 11.6 Å². The van der Waals surface area contributed by atoms with Crippen LogP contribution in [0.15, 0.2) is 24.3 Å². The molecule has 3 N–H and O–H groups in total. The van der Waals surface area contributed by atoms with Crippen LogP contribution in [0.4, 0.5) is 5.69 Å². The summed E-state index contributed by atoms with van der Waals surface area (Å²) in [5.74, 6) is 0.0451. The van der Waals surface area contributed by atoms with Gasteiger partial charge in [-0.05, 0) is 18.2 Å². The Kier molecular flexibility index (Phi) is 1.90. The maximum absolute atomic E-state index is 9.46. The Balaban J connectivity index is 2.54. The highest BCUT2D eigenvalue weighted by Gasteiger charge is 2.16. The molecule has 2 rings (SSSR count). The van der Waals surface area contributed by atoms with E-state index in [2.05, 4.69) is 5.32 Å². The van der Waals surface area contributed by atoms with Gasteiger partial charge in [0.15, 0.2) is 0 Å². The minimum Gasteiger partial charge on any atom is -0.507 e. The Morgan fingerprint density at radius 3 is 2.92 bits per heavy atom. The van der Waals surface area contributed by atoms with E-state index < -0.39 is 6.23 Å². The monoisotopic (exact) mass is 197 g/mol. The van der Waals surface area contributed by atoms with Gasteiger partial charge >= 0.3 is 0 Å². The van der Waals surface area contributed by atoms with Crippen molar-refractivity contribution < 1.29 is 10.2 Å². The van der Waals surface area contributed by atoms with Crippen LogP contribution in [0, 0.1) is 0 Å². The highest BCUT2D eigenvalue weighted by atomic mass is 35.5. The largest absolute Gasteiger partial charge is 0.507 e. The van der Waals surface area contributed by atoms with Crippen molar-refractivity contribution in [3.63, 3.8) is 0 Å². The molecule has 0 bridgehead atoms. The maximum Gasteiger partial charge on any atom is 0.147 e. The molecule has 0 aliphatic carbocycles. The van der Waals surface area contributed by atoms with Gasteiger partial charge in [0.05, 0.1) is 0 Å². The molecule has 0 radical (unpaired) electrons. The molecule has 0 amide bonds. The molecule has 1 aromatic carbocycles. The first-order chi connectivity index (χ1) is 6.16. The van der Waals surface area contributed by atoms with E-state index in [4.69, 9.17) is 11.6 Å². The van der Waals surface area contributed by atoms with Crippen molar-refractivity contribution in [3.8, 4) is 0 Å². The normalized spacial score (nSPS) is 20.2. The van der Waals surface area contributed by atoms with Gasteiger partial charge in [-0.2, -0.15) is 0 Å². The van der Waals surface area contributed by atoms with Crippen molar-refractivity contribution in [2.45, 2.75) is 6.23 Å². The Bertz CT molecular complexity index is 376. The number of fused-ring (bicyclic) bond motifs is 1. The van der Waals surface area contributed by atoms with Crippen LogP contribution in [-0.2, 0) is 0 Å². The average molecular weight is 198 g/mol. The standard InChI is InChI=1S/C9H8ClNO2/c10-5-1-2-7-6(3-5)8(12)4-9(13)11-7/h1-4,9,11-13H. The second-order valence-electron chi connectivity index (χ2n) is 2.83. The molecule has 0 fully saturated rings. The van der Waals surface area contributed by atoms with Crippen molar-refractivity contribution in [3.05, 3.63) is 34.9 Å². The SMILES string of the molecule is OC1=CC(O)Nc2ccc(Cl)cc21. The van der Waals surface area contributed by atoms with Crippen LogP contribution in [0.25, 0.3) is 5.76 Å². The zero-order valence-corrected chi connectivity index (χ0v) is 7.42. The summed E-state index contributed by atoms with van der Waals surface area (Å²) in [6.45, 7) is 0. The predicted molar refractivity (Wildman–Crippen MR) is 51.7 cm³/mol. The lowest BCUT2D eigenvalue weighted by Gasteiger charge is -2.20. The topological polar surface area (TPSA) is 52.5 Å². The first-order valence-electron chi connectivity index (χ1n) is 3.82. The van der Waals surface area contributed by atoms with Crippen molar-refractivity contribution in [1.29, 1.82) is 0 Å². The van der Waals surface area contributed by atoms with Crippen molar-refractivity contribution in [2.24, 2.45) is 0 Å². The van der Waals surface area contributed by atoms with Gasteiger partial charge in [-0.1, -0.05) is 11.6 Å². The quantitative estimate of drug-likeness (QED) is 0.596. The van der Waals surface area contributed by atoms with Gasteiger partial charge in [0.2, 0.25) is 0 Å². The van der Waals surface area contributed by atoms with Gasteiger partial charge in [-0.15, -0.1) is 0 Å². The van der Waals surface area contributed by atoms with Gasteiger partial charge in [0, 0.05) is 22.3 Å². The summed E-state index contributed by atoms with van der Waals surface area (Å²) in [4.78, 5) is 0. The summed E-state index contributed by atoms with van der Waals surface area (Å²) in [6, 6.07) is 5.05. The average Bonchev–Trinajstić information content (AvgIpc) is 2.06. The van der Waals surface area contributed by atoms with Gasteiger partial charge in [0.1, 0.15) is 12.0 Å². The third kappa shape index (κ3) is 1.48. The first-order valence-corrected chi connectivity index (χ1v) is 4.20. The molecule has 1 aliphatic heterocycles. The number of halogens is 1. The number of hydrogen-bond donors (Lipinski definition) is 3. The Hall–Kier alpha value is -1.19. The summed E-state index contributed by atoms with van der Waals surface area (Å²) in [7, 11) is 0. The fourth-order valence-corrected chi connectivity index (χ4v) is 1.47. The van der Waals surface area contributed by atoms with E-state index in [0.717, 1.165) is 0 Å². The lowest BCUT2D eigenvalue weighted by atomic mass is 10.1. The summed E-state index contributed by atoms with van der Waals surface area (Å²) in [6.07, 6.45) is 0.479. The molecule has 1 unspecified atom stereocenters. The van der Waals surface area contributed by atoms with E-state index in [9.17, 15) is 10.2 Å². The van der Waals surface area contributed by atoms with Crippen LogP contribution in [0.3, 0.4) is 0 Å². The minimum absolute atomic E-state index is 0.0451. The van der Waals surface area contributed by atoms with Gasteiger partial charge in [-0.3, -0.25) is 0 Å². The zero-order valence-electron chi connectivity index (χ0n) is 6.66. The lowest BCUT2D eigenvalue weighted by molar-refractivity contribution is 0.248. The van der Waals surface area contributed by atoms with E-state index in [-0.39, 0.29) is 5.76 Å². The van der Waals surface area contributed by atoms with E-state index in [0.29, 0.717) is 16.3 Å². The summed E-state index contributed by atoms with van der Waals surface area (Å²) in [5.41, 5.74) is 1.29. The fourth-order valence-electron chi connectivity index (χ4n) is 1.29. The third-order valence-corrected chi connectivity index (χ3v) is 2.11. The third-order valence-electron chi connectivity index (χ3n) is 1.88. The Morgan fingerprint density at radius 1 is 1.38 bits per heavy atom. The van der Waals surface area contributed by atoms with Crippen LogP contribution in [0.1, 0.15) is 5.56 Å². The number of hydrogen-bond acceptors (Lipinski definition) is 3. The number of rotatable bonds is 0. The number of benzene rings is 1. The Morgan fingerprint density at radius 2 is 2.15 bits per heavy atom. The van der Waals surface area contributed by atoms with Crippen molar-refractivity contribution in [2.75, 3.05) is 5.32 Å². The van der Waals surface area contributed by atoms with Crippen LogP contribution < -0.4 is 5.32 Å². The summed E-state index contributed by atoms with van der Waals surface area (Å²) >= 11 is 5.75. The molecule has 4 heteroatoms. The van der Waals surface area contributed by atoms with E-state index >= 15 is 0 Å². The summed E-state index contributed by atoms with van der Waals surface area (Å²) in [5, 5.41) is 22.0. The molecule has 1 aliphatic rings. The fraction of sp³-hybridized carbons (Fsp3) is 0.111. The van der Waals surface area contributed by atoms with Gasteiger partial charge < -0.3 is 15.5 Å². The molecule has 1 heterocycles. The highest BCUT2D eigenvalue weighted by Crippen LogP contribution is 2.29. The molecule has 1 aromatic rings. The molecule has 13 heavy (non-hydrogen) atoms. The zero-order chi connectivity index (χ0) is 9.42. The molecule has 0 saturated heterocycles. The molecular formula is C9H8ClNO2. The number of aliphatic hydroxyl groups excluding tert-OH is 2. The van der Waals surface area contributed by atoms with Crippen molar-refractivity contribution >= 4 is 23.0 Å². The lowest BCUT2D eigenvalue weighted by Crippen LogP contribution is -2.20. The number of anilines is 1. The highest BCUT2D eigenvalue weighted by molar-refractivity contribution is 6.30. The van der Waals surface area contributed by atoms with E-state index in [1.807, 2.05) is 0 Å². The van der Waals surface area contributed by atoms with Crippen molar-refractivity contribution in [1.82, 2.24) is 0 Å². The minimum atomic E-state index is -0.839. The van der Waals surface area contributed by atoms with Crippen LogP contribution in [-0.4, -0.2) is 16.4 Å². The Labute approximate surface area is 80.3 Å². The molecule has 0 aromatic heterocycles. The molecule has 68 valence electrons. The van der Waals surface area contributed by atoms with E-state index in [1.54, 1.807) is 18.2 Å². The van der Waals surface area contributed by atoms with Gasteiger partial charge in [-0.25, -0.2) is 0 Å². The second kappa shape index (κ2) is 2.94. The molecule has 0 spiro atoms. The second-order valence-corrected chi connectivity index (χ2v) is 3.27. The number of nitrogens with one attached hydrogen (secondary N) is 1. The maximum atomic E-state index is 9.46.